The van der Waals surface area contributed by atoms with Gasteiger partial charge in [0.15, 0.2) is 0 Å². The van der Waals surface area contributed by atoms with E-state index in [1.165, 1.54) is 0 Å². The second kappa shape index (κ2) is 4.93. The number of hydrogen-bond acceptors (Lipinski definition) is 5. The van der Waals surface area contributed by atoms with E-state index in [9.17, 15) is 10.1 Å². The van der Waals surface area contributed by atoms with Gasteiger partial charge in [0.25, 0.3) is 0 Å². The smallest absolute Gasteiger partial charge is 0.334 e. The lowest BCUT2D eigenvalue weighted by Crippen LogP contribution is -2.23. The Labute approximate surface area is 106 Å². The molecule has 2 N–H and O–H groups in total. The van der Waals surface area contributed by atoms with Gasteiger partial charge in [0.1, 0.15) is 5.69 Å². The monoisotopic (exact) mass is 253 g/mol. The van der Waals surface area contributed by atoms with Crippen LogP contribution in [0.15, 0.2) is 0 Å². The molecule has 1 aliphatic rings. The summed E-state index contributed by atoms with van der Waals surface area (Å²) < 4.78 is 1.58. The number of aryl methyl sites for hydroxylation is 1. The molecule has 1 atom stereocenters. The van der Waals surface area contributed by atoms with Gasteiger partial charge in [-0.15, -0.1) is 0 Å². The predicted octanol–water partition coefficient (Wildman–Crippen LogP) is 1.23. The van der Waals surface area contributed by atoms with Crippen LogP contribution in [0, 0.1) is 10.1 Å². The van der Waals surface area contributed by atoms with Crippen molar-refractivity contribution in [1.29, 1.82) is 0 Å². The lowest BCUT2D eigenvalue weighted by Gasteiger charge is -2.11. The average molecular weight is 253 g/mol. The minimum Gasteiger partial charge on any atom is -0.360 e. The lowest BCUT2D eigenvalue weighted by atomic mass is 10.1. The van der Waals surface area contributed by atoms with Crippen LogP contribution < -0.4 is 10.6 Å². The molecule has 100 valence electrons. The first-order chi connectivity index (χ1) is 8.50. The summed E-state index contributed by atoms with van der Waals surface area (Å²) in [7, 11) is 1.74. The Kier molecular flexibility index (Phi) is 3.51. The van der Waals surface area contributed by atoms with E-state index in [0.29, 0.717) is 11.5 Å². The van der Waals surface area contributed by atoms with Gasteiger partial charge in [0.2, 0.25) is 5.82 Å². The highest BCUT2D eigenvalue weighted by Gasteiger charge is 2.30. The fraction of sp³-hybridized carbons (Fsp3) is 0.727. The largest absolute Gasteiger partial charge is 0.360 e. The van der Waals surface area contributed by atoms with Crippen LogP contribution in [-0.4, -0.2) is 33.8 Å². The highest BCUT2D eigenvalue weighted by molar-refractivity contribution is 5.61. The summed E-state index contributed by atoms with van der Waals surface area (Å²) in [5.41, 5.74) is 0.648. The minimum absolute atomic E-state index is 0.0360. The van der Waals surface area contributed by atoms with E-state index in [0.717, 1.165) is 19.5 Å². The Morgan fingerprint density at radius 1 is 1.61 bits per heavy atom. The van der Waals surface area contributed by atoms with Crippen molar-refractivity contribution in [1.82, 2.24) is 15.1 Å². The van der Waals surface area contributed by atoms with Gasteiger partial charge >= 0.3 is 5.69 Å². The number of aromatic nitrogens is 2. The Bertz CT molecular complexity index is 449. The van der Waals surface area contributed by atoms with Crippen molar-refractivity contribution in [2.75, 3.05) is 18.4 Å². The normalized spacial score (nSPS) is 19.4. The average Bonchev–Trinajstić information content (AvgIpc) is 2.88. The Hall–Kier alpha value is -1.63. The standard InChI is InChI=1S/C11H19N5O2/c1-7(2)9-10(16(17)18)11(15(3)14-9)13-8-4-5-12-6-8/h7-8,12-13H,4-6H2,1-3H3. The van der Waals surface area contributed by atoms with E-state index in [2.05, 4.69) is 15.7 Å². The third-order valence-corrected chi connectivity index (χ3v) is 3.18. The Morgan fingerprint density at radius 3 is 2.83 bits per heavy atom. The van der Waals surface area contributed by atoms with E-state index in [1.807, 2.05) is 13.8 Å². The van der Waals surface area contributed by atoms with Crippen molar-refractivity contribution in [3.63, 3.8) is 0 Å². The van der Waals surface area contributed by atoms with Crippen LogP contribution in [0.4, 0.5) is 11.5 Å². The van der Waals surface area contributed by atoms with Gasteiger partial charge in [0, 0.05) is 25.6 Å². The maximum absolute atomic E-state index is 11.2. The van der Waals surface area contributed by atoms with Gasteiger partial charge in [-0.25, -0.2) is 4.68 Å². The van der Waals surface area contributed by atoms with Crippen LogP contribution in [0.5, 0.6) is 0 Å². The van der Waals surface area contributed by atoms with Crippen LogP contribution in [-0.2, 0) is 7.05 Å². The summed E-state index contributed by atoms with van der Waals surface area (Å²) >= 11 is 0. The van der Waals surface area contributed by atoms with Gasteiger partial charge in [-0.2, -0.15) is 5.10 Å². The number of rotatable bonds is 4. The van der Waals surface area contributed by atoms with Crippen LogP contribution in [0.1, 0.15) is 31.9 Å². The van der Waals surface area contributed by atoms with Gasteiger partial charge in [-0.1, -0.05) is 13.8 Å². The van der Waals surface area contributed by atoms with Crippen molar-refractivity contribution in [3.8, 4) is 0 Å². The van der Waals surface area contributed by atoms with Crippen LogP contribution in [0.3, 0.4) is 0 Å². The number of nitrogens with one attached hydrogen (secondary N) is 2. The number of hydrogen-bond donors (Lipinski definition) is 2. The third kappa shape index (κ3) is 2.31. The van der Waals surface area contributed by atoms with Crippen molar-refractivity contribution in [2.24, 2.45) is 7.05 Å². The molecule has 1 aromatic heterocycles. The van der Waals surface area contributed by atoms with Crippen molar-refractivity contribution in [3.05, 3.63) is 15.8 Å². The molecule has 1 unspecified atom stereocenters. The molecule has 0 aliphatic carbocycles. The van der Waals surface area contributed by atoms with E-state index in [4.69, 9.17) is 0 Å². The zero-order chi connectivity index (χ0) is 13.3. The summed E-state index contributed by atoms with van der Waals surface area (Å²) in [5, 5.41) is 22.0. The molecule has 7 nitrogen and oxygen atoms in total. The second-order valence-corrected chi connectivity index (χ2v) is 4.95. The summed E-state index contributed by atoms with van der Waals surface area (Å²) in [4.78, 5) is 10.9. The van der Waals surface area contributed by atoms with Crippen LogP contribution in [0.2, 0.25) is 0 Å². The molecule has 0 saturated carbocycles. The molecule has 0 bridgehead atoms. The number of anilines is 1. The SMILES string of the molecule is CC(C)c1nn(C)c(NC2CCNC2)c1[N+](=O)[O-]. The van der Waals surface area contributed by atoms with Gasteiger partial charge in [-0.05, 0) is 13.0 Å². The van der Waals surface area contributed by atoms with E-state index in [1.54, 1.807) is 11.7 Å². The molecule has 1 saturated heterocycles. The molecule has 1 fully saturated rings. The molecular formula is C11H19N5O2. The Morgan fingerprint density at radius 2 is 2.33 bits per heavy atom. The van der Waals surface area contributed by atoms with Gasteiger partial charge < -0.3 is 10.6 Å². The lowest BCUT2D eigenvalue weighted by molar-refractivity contribution is -0.384. The molecular weight excluding hydrogens is 234 g/mol. The highest BCUT2D eigenvalue weighted by atomic mass is 16.6. The van der Waals surface area contributed by atoms with Gasteiger partial charge in [0.05, 0.1) is 4.92 Å². The summed E-state index contributed by atoms with van der Waals surface area (Å²) in [6.07, 6.45) is 0.972. The Balaban J connectivity index is 2.35. The maximum atomic E-state index is 11.2. The van der Waals surface area contributed by atoms with Crippen molar-refractivity contribution in [2.45, 2.75) is 32.2 Å². The minimum atomic E-state index is -0.340. The molecule has 0 radical (unpaired) electrons. The number of nitro groups is 1. The van der Waals surface area contributed by atoms with Crippen LogP contribution >= 0.6 is 0 Å². The molecule has 0 spiro atoms. The molecule has 0 amide bonds. The van der Waals surface area contributed by atoms with E-state index < -0.39 is 0 Å². The molecule has 0 aromatic carbocycles. The molecule has 2 rings (SSSR count). The highest BCUT2D eigenvalue weighted by Crippen LogP contribution is 2.33. The molecule has 18 heavy (non-hydrogen) atoms. The van der Waals surface area contributed by atoms with Crippen LogP contribution in [0.25, 0.3) is 0 Å². The molecule has 7 heteroatoms. The third-order valence-electron chi connectivity index (χ3n) is 3.18. The van der Waals surface area contributed by atoms with Crippen molar-refractivity contribution < 1.29 is 4.92 Å². The molecule has 2 heterocycles. The summed E-state index contributed by atoms with van der Waals surface area (Å²) in [5.74, 6) is 0.547. The fourth-order valence-corrected chi connectivity index (χ4v) is 2.24. The quantitative estimate of drug-likeness (QED) is 0.622. The molecule has 1 aromatic rings. The van der Waals surface area contributed by atoms with E-state index in [-0.39, 0.29) is 22.6 Å². The van der Waals surface area contributed by atoms with Gasteiger partial charge in [-0.3, -0.25) is 10.1 Å². The maximum Gasteiger partial charge on any atom is 0.334 e. The van der Waals surface area contributed by atoms with Crippen molar-refractivity contribution >= 4 is 11.5 Å². The predicted molar refractivity (Wildman–Crippen MR) is 68.8 cm³/mol. The van der Waals surface area contributed by atoms with E-state index >= 15 is 0 Å². The fourth-order valence-electron chi connectivity index (χ4n) is 2.24. The summed E-state index contributed by atoms with van der Waals surface area (Å²) in [6, 6.07) is 0.235. The summed E-state index contributed by atoms with van der Waals surface area (Å²) in [6.45, 7) is 5.60. The second-order valence-electron chi connectivity index (χ2n) is 4.95. The zero-order valence-electron chi connectivity index (χ0n) is 10.9. The number of nitrogens with zero attached hydrogens (tertiary/aromatic N) is 3. The molecule has 1 aliphatic heterocycles. The first kappa shape index (κ1) is 12.8. The first-order valence-electron chi connectivity index (χ1n) is 6.19. The zero-order valence-corrected chi connectivity index (χ0v) is 10.9. The topological polar surface area (TPSA) is 85.0 Å². The first-order valence-corrected chi connectivity index (χ1v) is 6.19.